The van der Waals surface area contributed by atoms with E-state index in [2.05, 4.69) is 0 Å². The Labute approximate surface area is 164 Å². The van der Waals surface area contributed by atoms with E-state index in [1.807, 2.05) is 26.5 Å². The van der Waals surface area contributed by atoms with Crippen LogP contribution in [0.3, 0.4) is 0 Å². The van der Waals surface area contributed by atoms with Gasteiger partial charge in [0.15, 0.2) is 24.8 Å². The van der Waals surface area contributed by atoms with Crippen LogP contribution >= 0.6 is 0 Å². The topological polar surface area (TPSA) is 78.8 Å². The Kier molecular flexibility index (Phi) is 9.03. The summed E-state index contributed by atoms with van der Waals surface area (Å²) in [4.78, 5) is 23.6. The van der Waals surface area contributed by atoms with E-state index < -0.39 is 0 Å². The van der Waals surface area contributed by atoms with E-state index in [-0.39, 0.29) is 38.4 Å². The second kappa shape index (κ2) is 11.8. The van der Waals surface area contributed by atoms with Crippen molar-refractivity contribution in [3.05, 3.63) is 60.2 Å². The van der Waals surface area contributed by atoms with Crippen molar-refractivity contribution in [3.63, 3.8) is 0 Å². The van der Waals surface area contributed by atoms with E-state index in [0.29, 0.717) is 24.3 Å². The van der Waals surface area contributed by atoms with Crippen molar-refractivity contribution in [1.82, 2.24) is 0 Å². The molecule has 0 bridgehead atoms. The third-order valence-electron chi connectivity index (χ3n) is 3.64. The summed E-state index contributed by atoms with van der Waals surface area (Å²) in [5.41, 5.74) is 0.985. The van der Waals surface area contributed by atoms with Gasteiger partial charge in [0.1, 0.15) is 38.4 Å². The molecule has 8 nitrogen and oxygen atoms in total. The summed E-state index contributed by atoms with van der Waals surface area (Å²) in [6.07, 6.45) is 7.06. The fraction of sp³-hybridized carbons (Fsp3) is 0.400. The molecule has 0 aromatic carbocycles. The number of ether oxygens (including phenoxy) is 4. The molecule has 0 atom stereocenters. The lowest BCUT2D eigenvalue weighted by molar-refractivity contribution is -0.671. The zero-order valence-corrected chi connectivity index (χ0v) is 16.2. The number of carbonyl (C=O) groups excluding carboxylic acids is 2. The third kappa shape index (κ3) is 7.81. The molecule has 28 heavy (non-hydrogen) atoms. The van der Waals surface area contributed by atoms with Gasteiger partial charge in [0.05, 0.1) is 26.4 Å². The molecule has 0 aliphatic heterocycles. The Morgan fingerprint density at radius 3 is 1.50 bits per heavy atom. The van der Waals surface area contributed by atoms with Crippen molar-refractivity contribution in [2.45, 2.75) is 0 Å². The number of aryl methyl sites for hydroxylation is 2. The largest absolute Gasteiger partial charge is 0.459 e. The molecular formula is C20H26N2O6+2. The molecule has 0 saturated heterocycles. The lowest BCUT2D eigenvalue weighted by atomic mass is 10.3. The molecule has 0 saturated carbocycles. The van der Waals surface area contributed by atoms with Gasteiger partial charge in [-0.1, -0.05) is 0 Å². The highest BCUT2D eigenvalue weighted by Gasteiger charge is 2.11. The maximum absolute atomic E-state index is 11.8. The van der Waals surface area contributed by atoms with Crippen LogP contribution in [0.2, 0.25) is 0 Å². The van der Waals surface area contributed by atoms with Crippen molar-refractivity contribution in [2.75, 3.05) is 39.6 Å². The second-order valence-electron chi connectivity index (χ2n) is 6.01. The van der Waals surface area contributed by atoms with Gasteiger partial charge in [-0.2, -0.15) is 0 Å². The van der Waals surface area contributed by atoms with Crippen LogP contribution in [-0.2, 0) is 33.0 Å². The highest BCUT2D eigenvalue weighted by Crippen LogP contribution is 1.98. The Balaban J connectivity index is 1.45. The molecule has 0 N–H and O–H groups in total. The Morgan fingerprint density at radius 1 is 0.714 bits per heavy atom. The summed E-state index contributed by atoms with van der Waals surface area (Å²) >= 11 is 0. The van der Waals surface area contributed by atoms with Gasteiger partial charge in [-0.3, -0.25) is 0 Å². The predicted molar refractivity (Wildman–Crippen MR) is 97.4 cm³/mol. The number of hydrogen-bond acceptors (Lipinski definition) is 6. The molecule has 150 valence electrons. The van der Waals surface area contributed by atoms with Crippen LogP contribution in [0, 0.1) is 0 Å². The molecule has 0 fully saturated rings. The SMILES string of the molecule is C[n+]1cccc(C(=O)OCCOCCOCCOC(=O)c2ccc[n+](C)c2)c1. The van der Waals surface area contributed by atoms with E-state index in [9.17, 15) is 9.59 Å². The van der Waals surface area contributed by atoms with E-state index in [1.54, 1.807) is 45.8 Å². The number of rotatable bonds is 11. The van der Waals surface area contributed by atoms with E-state index in [4.69, 9.17) is 18.9 Å². The lowest BCUT2D eigenvalue weighted by Crippen LogP contribution is -2.28. The summed E-state index contributed by atoms with van der Waals surface area (Å²) in [6.45, 7) is 1.63. The lowest BCUT2D eigenvalue weighted by Gasteiger charge is -2.07. The van der Waals surface area contributed by atoms with Crippen LogP contribution in [0.1, 0.15) is 20.7 Å². The first-order valence-corrected chi connectivity index (χ1v) is 8.96. The zero-order chi connectivity index (χ0) is 20.2. The number of nitrogens with zero attached hydrogens (tertiary/aromatic N) is 2. The first-order valence-electron chi connectivity index (χ1n) is 8.96. The van der Waals surface area contributed by atoms with E-state index in [0.717, 1.165) is 0 Å². The monoisotopic (exact) mass is 390 g/mol. The summed E-state index contributed by atoms with van der Waals surface area (Å²) in [7, 11) is 3.67. The minimum atomic E-state index is -0.384. The third-order valence-corrected chi connectivity index (χ3v) is 3.64. The first kappa shape index (κ1) is 21.5. The maximum Gasteiger partial charge on any atom is 0.344 e. The first-order chi connectivity index (χ1) is 13.6. The average molecular weight is 390 g/mol. The summed E-state index contributed by atoms with van der Waals surface area (Å²) in [5.74, 6) is -0.769. The molecule has 2 aromatic heterocycles. The Morgan fingerprint density at radius 2 is 1.11 bits per heavy atom. The van der Waals surface area contributed by atoms with Gasteiger partial charge >= 0.3 is 11.9 Å². The highest BCUT2D eigenvalue weighted by molar-refractivity contribution is 5.89. The number of hydrogen-bond donors (Lipinski definition) is 0. The number of esters is 2. The fourth-order valence-electron chi connectivity index (χ4n) is 2.29. The molecule has 2 rings (SSSR count). The van der Waals surface area contributed by atoms with Crippen LogP contribution in [0.25, 0.3) is 0 Å². The molecule has 0 spiro atoms. The van der Waals surface area contributed by atoms with Crippen LogP contribution < -0.4 is 9.13 Å². The number of carbonyl (C=O) groups is 2. The van der Waals surface area contributed by atoms with Gasteiger partial charge < -0.3 is 18.9 Å². The van der Waals surface area contributed by atoms with Crippen LogP contribution in [0.4, 0.5) is 0 Å². The average Bonchev–Trinajstić information content (AvgIpc) is 2.69. The van der Waals surface area contributed by atoms with Crippen LogP contribution in [-0.4, -0.2) is 51.6 Å². The van der Waals surface area contributed by atoms with E-state index >= 15 is 0 Å². The maximum atomic E-state index is 11.8. The summed E-state index contributed by atoms with van der Waals surface area (Å²) < 4.78 is 24.5. The second-order valence-corrected chi connectivity index (χ2v) is 6.01. The molecule has 8 heteroatoms. The molecule has 2 aromatic rings. The molecule has 0 amide bonds. The van der Waals surface area contributed by atoms with Gasteiger partial charge in [-0.25, -0.2) is 18.7 Å². The minimum Gasteiger partial charge on any atom is -0.459 e. The zero-order valence-electron chi connectivity index (χ0n) is 16.2. The molecule has 0 radical (unpaired) electrons. The van der Waals surface area contributed by atoms with Gasteiger partial charge in [0, 0.05) is 12.1 Å². The number of aromatic nitrogens is 2. The van der Waals surface area contributed by atoms with E-state index in [1.165, 1.54) is 0 Å². The standard InChI is InChI=1S/C20H26N2O6/c1-21-7-3-5-17(15-21)19(23)27-13-11-25-9-10-26-12-14-28-20(24)18-6-4-8-22(2)16-18/h3-8,15-16H,9-14H2,1-2H3/q+2. The molecule has 0 aliphatic rings. The Hall–Kier alpha value is -2.84. The van der Waals surface area contributed by atoms with Gasteiger partial charge in [0.2, 0.25) is 0 Å². The van der Waals surface area contributed by atoms with Gasteiger partial charge in [-0.15, -0.1) is 0 Å². The fourth-order valence-corrected chi connectivity index (χ4v) is 2.29. The van der Waals surface area contributed by atoms with Crippen LogP contribution in [0.5, 0.6) is 0 Å². The summed E-state index contributed by atoms with van der Waals surface area (Å²) in [5, 5.41) is 0. The minimum absolute atomic E-state index is 0.170. The van der Waals surface area contributed by atoms with Crippen molar-refractivity contribution < 1.29 is 37.7 Å². The van der Waals surface area contributed by atoms with Crippen molar-refractivity contribution in [3.8, 4) is 0 Å². The van der Waals surface area contributed by atoms with Gasteiger partial charge in [0.25, 0.3) is 0 Å². The molecule has 0 aliphatic carbocycles. The van der Waals surface area contributed by atoms with Crippen molar-refractivity contribution in [1.29, 1.82) is 0 Å². The quantitative estimate of drug-likeness (QED) is 0.314. The van der Waals surface area contributed by atoms with Crippen LogP contribution in [0.15, 0.2) is 49.1 Å². The summed E-state index contributed by atoms with van der Waals surface area (Å²) in [6, 6.07) is 6.95. The van der Waals surface area contributed by atoms with Gasteiger partial charge in [-0.05, 0) is 12.1 Å². The molecular weight excluding hydrogens is 364 g/mol. The highest BCUT2D eigenvalue weighted by atomic mass is 16.6. The Bertz CT molecular complexity index is 715. The van der Waals surface area contributed by atoms with Crippen molar-refractivity contribution in [2.24, 2.45) is 14.1 Å². The van der Waals surface area contributed by atoms with Crippen molar-refractivity contribution >= 4 is 11.9 Å². The predicted octanol–water partition coefficient (Wildman–Crippen LogP) is 0.383. The molecule has 0 unspecified atom stereocenters. The number of pyridine rings is 2. The molecule has 2 heterocycles. The smallest absolute Gasteiger partial charge is 0.344 e. The normalized spacial score (nSPS) is 10.5.